The van der Waals surface area contributed by atoms with Crippen LogP contribution < -0.4 is 4.74 Å². The summed E-state index contributed by atoms with van der Waals surface area (Å²) < 4.78 is 28.9. The molecule has 2 aromatic carbocycles. The molecule has 1 aliphatic heterocycles. The fourth-order valence-electron chi connectivity index (χ4n) is 3.00. The van der Waals surface area contributed by atoms with Crippen LogP contribution in [0, 0.1) is 0 Å². The van der Waals surface area contributed by atoms with Gasteiger partial charge in [-0.15, -0.1) is 0 Å². The molecule has 1 aliphatic rings. The van der Waals surface area contributed by atoms with Gasteiger partial charge in [0.1, 0.15) is 11.9 Å². The zero-order valence-corrected chi connectivity index (χ0v) is 15.4. The summed E-state index contributed by atoms with van der Waals surface area (Å²) in [4.78, 5) is 0. The monoisotopic (exact) mass is 358 g/mol. The van der Waals surface area contributed by atoms with E-state index < -0.39 is 5.97 Å². The van der Waals surface area contributed by atoms with Crippen LogP contribution in [0.2, 0.25) is 0 Å². The molecule has 1 saturated heterocycles. The maximum Gasteiger partial charge on any atom is 0.310 e. The highest BCUT2D eigenvalue weighted by atomic mass is 16.9. The van der Waals surface area contributed by atoms with Crippen LogP contribution in [0.5, 0.6) is 5.75 Å². The minimum absolute atomic E-state index is 0.292. The second-order valence-electron chi connectivity index (χ2n) is 6.22. The molecule has 3 rings (SSSR count). The van der Waals surface area contributed by atoms with Gasteiger partial charge < -0.3 is 23.7 Å². The lowest BCUT2D eigenvalue weighted by Gasteiger charge is -2.41. The quantitative estimate of drug-likeness (QED) is 0.670. The van der Waals surface area contributed by atoms with E-state index in [0.29, 0.717) is 19.8 Å². The van der Waals surface area contributed by atoms with Crippen LogP contribution in [0.25, 0.3) is 0 Å². The van der Waals surface area contributed by atoms with Gasteiger partial charge in [-0.3, -0.25) is 0 Å². The van der Waals surface area contributed by atoms with Crippen molar-refractivity contribution in [2.75, 3.05) is 20.8 Å². The van der Waals surface area contributed by atoms with Crippen molar-refractivity contribution in [3.05, 3.63) is 65.7 Å². The second kappa shape index (κ2) is 9.14. The first-order valence-corrected chi connectivity index (χ1v) is 8.87. The number of hydrogen-bond acceptors (Lipinski definition) is 5. The zero-order chi connectivity index (χ0) is 18.2. The third-order valence-corrected chi connectivity index (χ3v) is 4.49. The Morgan fingerprint density at radius 2 is 1.69 bits per heavy atom. The summed E-state index contributed by atoms with van der Waals surface area (Å²) in [6, 6.07) is 17.8. The summed E-state index contributed by atoms with van der Waals surface area (Å²) in [5, 5.41) is 0. The fraction of sp³-hybridized carbons (Fsp3) is 0.429. The average molecular weight is 358 g/mol. The summed E-state index contributed by atoms with van der Waals surface area (Å²) in [5.74, 6) is -0.374. The minimum Gasteiger partial charge on any atom is -0.497 e. The van der Waals surface area contributed by atoms with E-state index in [0.717, 1.165) is 29.7 Å². The molecule has 0 saturated carbocycles. The van der Waals surface area contributed by atoms with Gasteiger partial charge in [0.25, 0.3) is 0 Å². The Labute approximate surface area is 154 Å². The molecule has 0 spiro atoms. The molecule has 2 unspecified atom stereocenters. The number of methoxy groups -OCH3 is 2. The van der Waals surface area contributed by atoms with Crippen molar-refractivity contribution < 1.29 is 23.7 Å². The van der Waals surface area contributed by atoms with E-state index in [1.165, 1.54) is 0 Å². The Bertz CT molecular complexity index is 658. The van der Waals surface area contributed by atoms with Gasteiger partial charge in [0.05, 0.1) is 26.9 Å². The Balaban J connectivity index is 1.64. The van der Waals surface area contributed by atoms with Gasteiger partial charge in [0.15, 0.2) is 0 Å². The van der Waals surface area contributed by atoms with Crippen LogP contribution in [-0.2, 0) is 32.2 Å². The van der Waals surface area contributed by atoms with Crippen molar-refractivity contribution in [3.8, 4) is 5.75 Å². The van der Waals surface area contributed by atoms with Crippen LogP contribution >= 0.6 is 0 Å². The van der Waals surface area contributed by atoms with Gasteiger partial charge in [-0.2, -0.15) is 0 Å². The van der Waals surface area contributed by atoms with Gasteiger partial charge >= 0.3 is 5.97 Å². The summed E-state index contributed by atoms with van der Waals surface area (Å²) in [6.45, 7) is 1.44. The van der Waals surface area contributed by atoms with Crippen LogP contribution in [0.4, 0.5) is 0 Å². The van der Waals surface area contributed by atoms with Crippen molar-refractivity contribution in [1.29, 1.82) is 0 Å². The largest absolute Gasteiger partial charge is 0.497 e. The molecule has 0 aliphatic carbocycles. The maximum absolute atomic E-state index is 6.11. The van der Waals surface area contributed by atoms with Crippen molar-refractivity contribution >= 4 is 0 Å². The molecule has 2 atom stereocenters. The molecule has 0 N–H and O–H groups in total. The highest BCUT2D eigenvalue weighted by Gasteiger charge is 2.45. The molecule has 0 amide bonds. The number of ether oxygens (including phenoxy) is 5. The predicted octanol–water partition coefficient (Wildman–Crippen LogP) is 3.91. The molecule has 0 bridgehead atoms. The fourth-order valence-corrected chi connectivity index (χ4v) is 3.00. The number of rotatable bonds is 8. The molecule has 140 valence electrons. The normalized spacial score (nSPS) is 22.9. The summed E-state index contributed by atoms with van der Waals surface area (Å²) >= 11 is 0. The van der Waals surface area contributed by atoms with E-state index in [1.54, 1.807) is 14.2 Å². The molecular weight excluding hydrogens is 332 g/mol. The first-order valence-electron chi connectivity index (χ1n) is 8.87. The third kappa shape index (κ3) is 4.62. The molecule has 5 heteroatoms. The lowest BCUT2D eigenvalue weighted by atomic mass is 10.1. The standard InChI is InChI=1S/C21H26O5/c1-22-19-12-10-18(11-13-19)16-26-21(23-2)20(9-6-14-25-21)24-15-17-7-4-3-5-8-17/h3-5,7-8,10-13,20H,6,9,14-16H2,1-2H3. The van der Waals surface area contributed by atoms with Gasteiger partial charge in [0.2, 0.25) is 0 Å². The molecule has 0 aromatic heterocycles. The zero-order valence-electron chi connectivity index (χ0n) is 15.4. The highest BCUT2D eigenvalue weighted by Crippen LogP contribution is 2.32. The van der Waals surface area contributed by atoms with Crippen LogP contribution in [0.3, 0.4) is 0 Å². The van der Waals surface area contributed by atoms with E-state index in [1.807, 2.05) is 54.6 Å². The van der Waals surface area contributed by atoms with Crippen LogP contribution in [0.15, 0.2) is 54.6 Å². The highest BCUT2D eigenvalue weighted by molar-refractivity contribution is 5.26. The molecule has 0 radical (unpaired) electrons. The summed E-state index contributed by atoms with van der Waals surface area (Å²) in [7, 11) is 3.24. The smallest absolute Gasteiger partial charge is 0.310 e. The molecular formula is C21H26O5. The van der Waals surface area contributed by atoms with E-state index in [-0.39, 0.29) is 6.10 Å². The average Bonchev–Trinajstić information content (AvgIpc) is 2.72. The first kappa shape index (κ1) is 18.9. The second-order valence-corrected chi connectivity index (χ2v) is 6.22. The minimum atomic E-state index is -1.19. The lowest BCUT2D eigenvalue weighted by Crippen LogP contribution is -2.53. The topological polar surface area (TPSA) is 46.2 Å². The van der Waals surface area contributed by atoms with E-state index in [4.69, 9.17) is 23.7 Å². The molecule has 2 aromatic rings. The Hall–Kier alpha value is -1.92. The van der Waals surface area contributed by atoms with Crippen molar-refractivity contribution in [3.63, 3.8) is 0 Å². The molecule has 5 nitrogen and oxygen atoms in total. The lowest BCUT2D eigenvalue weighted by molar-refractivity contribution is -0.426. The third-order valence-electron chi connectivity index (χ3n) is 4.49. The Morgan fingerprint density at radius 1 is 0.962 bits per heavy atom. The van der Waals surface area contributed by atoms with Crippen molar-refractivity contribution in [2.45, 2.75) is 38.1 Å². The molecule has 1 heterocycles. The van der Waals surface area contributed by atoms with Crippen LogP contribution in [-0.4, -0.2) is 32.9 Å². The Kier molecular flexibility index (Phi) is 6.63. The van der Waals surface area contributed by atoms with Gasteiger partial charge in [-0.25, -0.2) is 0 Å². The first-order chi connectivity index (χ1) is 12.8. The van der Waals surface area contributed by atoms with E-state index >= 15 is 0 Å². The van der Waals surface area contributed by atoms with Gasteiger partial charge in [-0.1, -0.05) is 42.5 Å². The summed E-state index contributed by atoms with van der Waals surface area (Å²) in [5.41, 5.74) is 2.12. The van der Waals surface area contributed by atoms with Crippen molar-refractivity contribution in [2.24, 2.45) is 0 Å². The summed E-state index contributed by atoms with van der Waals surface area (Å²) in [6.07, 6.45) is 1.44. The SMILES string of the molecule is COc1ccc(COC2(OC)OCCCC2OCc2ccccc2)cc1. The van der Waals surface area contributed by atoms with Crippen LogP contribution in [0.1, 0.15) is 24.0 Å². The number of hydrogen-bond donors (Lipinski definition) is 0. The van der Waals surface area contributed by atoms with E-state index in [2.05, 4.69) is 0 Å². The maximum atomic E-state index is 6.11. The number of benzene rings is 2. The Morgan fingerprint density at radius 3 is 2.38 bits per heavy atom. The van der Waals surface area contributed by atoms with Crippen molar-refractivity contribution in [1.82, 2.24) is 0 Å². The van der Waals surface area contributed by atoms with Gasteiger partial charge in [0, 0.05) is 7.11 Å². The predicted molar refractivity (Wildman–Crippen MR) is 97.7 cm³/mol. The van der Waals surface area contributed by atoms with Gasteiger partial charge in [-0.05, 0) is 36.1 Å². The van der Waals surface area contributed by atoms with E-state index in [9.17, 15) is 0 Å². The molecule has 26 heavy (non-hydrogen) atoms. The molecule has 1 fully saturated rings.